The summed E-state index contributed by atoms with van der Waals surface area (Å²) in [5.74, 6) is 0.869. The summed E-state index contributed by atoms with van der Waals surface area (Å²) in [6, 6.07) is 5.90. The molecule has 0 radical (unpaired) electrons. The molecular formula is C15H18N4O2. The van der Waals surface area contributed by atoms with Crippen LogP contribution in [0.5, 0.6) is 5.75 Å². The van der Waals surface area contributed by atoms with E-state index in [-0.39, 0.29) is 5.91 Å². The van der Waals surface area contributed by atoms with Crippen molar-refractivity contribution in [3.63, 3.8) is 0 Å². The number of hydrogen-bond donors (Lipinski definition) is 2. The lowest BCUT2D eigenvalue weighted by atomic mass is 10.1. The molecule has 1 aliphatic heterocycles. The van der Waals surface area contributed by atoms with Gasteiger partial charge in [0.05, 0.1) is 37.2 Å². The van der Waals surface area contributed by atoms with Crippen LogP contribution in [0.3, 0.4) is 0 Å². The van der Waals surface area contributed by atoms with E-state index >= 15 is 0 Å². The predicted molar refractivity (Wildman–Crippen MR) is 79.3 cm³/mol. The highest BCUT2D eigenvalue weighted by Gasteiger charge is 2.19. The minimum atomic E-state index is 0.00629. The monoisotopic (exact) mass is 286 g/mol. The molecule has 6 nitrogen and oxygen atoms in total. The Labute approximate surface area is 123 Å². The van der Waals surface area contributed by atoms with Crippen LogP contribution in [0.2, 0.25) is 0 Å². The molecule has 0 saturated heterocycles. The third kappa shape index (κ3) is 2.99. The fourth-order valence-electron chi connectivity index (χ4n) is 2.44. The van der Waals surface area contributed by atoms with E-state index in [4.69, 9.17) is 4.74 Å². The molecule has 21 heavy (non-hydrogen) atoms. The maximum Gasteiger partial charge on any atom is 0.224 e. The van der Waals surface area contributed by atoms with Gasteiger partial charge in [-0.1, -0.05) is 6.07 Å². The van der Waals surface area contributed by atoms with Crippen LogP contribution in [-0.2, 0) is 17.8 Å². The summed E-state index contributed by atoms with van der Waals surface area (Å²) in [4.78, 5) is 20.9. The number of aromatic amines is 1. The van der Waals surface area contributed by atoms with E-state index in [1.54, 1.807) is 13.4 Å². The molecule has 1 aliphatic rings. The highest BCUT2D eigenvalue weighted by molar-refractivity contribution is 5.79. The average molecular weight is 286 g/mol. The topological polar surface area (TPSA) is 70.2 Å². The number of H-pyrrole nitrogens is 1. The van der Waals surface area contributed by atoms with Crippen LogP contribution in [0.15, 0.2) is 30.7 Å². The van der Waals surface area contributed by atoms with Crippen LogP contribution in [-0.4, -0.2) is 36.1 Å². The van der Waals surface area contributed by atoms with Gasteiger partial charge in [0.1, 0.15) is 12.4 Å². The third-order valence-corrected chi connectivity index (χ3v) is 3.54. The van der Waals surface area contributed by atoms with Crippen molar-refractivity contribution in [3.8, 4) is 5.75 Å². The maximum atomic E-state index is 11.5. The first-order valence-corrected chi connectivity index (χ1v) is 6.95. The minimum Gasteiger partial charge on any atom is -0.490 e. The van der Waals surface area contributed by atoms with Gasteiger partial charge >= 0.3 is 0 Å². The van der Waals surface area contributed by atoms with Gasteiger partial charge in [-0.25, -0.2) is 4.98 Å². The van der Waals surface area contributed by atoms with Gasteiger partial charge in [-0.15, -0.1) is 0 Å². The lowest BCUT2D eigenvalue weighted by Crippen LogP contribution is -2.32. The Morgan fingerprint density at radius 3 is 3.19 bits per heavy atom. The van der Waals surface area contributed by atoms with E-state index < -0.39 is 0 Å². The number of rotatable bonds is 4. The van der Waals surface area contributed by atoms with Crippen molar-refractivity contribution in [2.75, 3.05) is 25.1 Å². The lowest BCUT2D eigenvalue weighted by molar-refractivity contribution is -0.119. The Bertz CT molecular complexity index is 625. The quantitative estimate of drug-likeness (QED) is 0.883. The van der Waals surface area contributed by atoms with Crippen molar-refractivity contribution < 1.29 is 9.53 Å². The van der Waals surface area contributed by atoms with E-state index in [1.807, 2.05) is 24.4 Å². The lowest BCUT2D eigenvalue weighted by Gasteiger charge is -2.31. The van der Waals surface area contributed by atoms with Crippen LogP contribution < -0.4 is 15.0 Å². The van der Waals surface area contributed by atoms with Crippen LogP contribution in [0.4, 0.5) is 5.69 Å². The molecule has 1 aromatic heterocycles. The number of carbonyl (C=O) groups is 1. The van der Waals surface area contributed by atoms with E-state index in [1.165, 1.54) is 0 Å². The molecule has 0 fully saturated rings. The molecule has 2 N–H and O–H groups in total. The molecular weight excluding hydrogens is 268 g/mol. The van der Waals surface area contributed by atoms with E-state index in [0.29, 0.717) is 13.0 Å². The number of aromatic nitrogens is 2. The highest BCUT2D eigenvalue weighted by Crippen LogP contribution is 2.33. The fourth-order valence-corrected chi connectivity index (χ4v) is 2.44. The molecule has 1 aromatic carbocycles. The van der Waals surface area contributed by atoms with Crippen LogP contribution in [0.25, 0.3) is 0 Å². The van der Waals surface area contributed by atoms with Crippen molar-refractivity contribution >= 4 is 11.6 Å². The van der Waals surface area contributed by atoms with Crippen LogP contribution in [0.1, 0.15) is 11.3 Å². The second kappa shape index (κ2) is 5.87. The molecule has 0 bridgehead atoms. The number of amides is 1. The number of imidazole rings is 1. The van der Waals surface area contributed by atoms with Gasteiger partial charge in [-0.3, -0.25) is 4.79 Å². The molecule has 6 heteroatoms. The van der Waals surface area contributed by atoms with E-state index in [0.717, 1.165) is 35.8 Å². The molecule has 0 spiro atoms. The number of anilines is 1. The number of nitrogens with zero attached hydrogens (tertiary/aromatic N) is 2. The number of nitrogens with one attached hydrogen (secondary N) is 2. The first-order chi connectivity index (χ1) is 10.3. The summed E-state index contributed by atoms with van der Waals surface area (Å²) in [7, 11) is 1.65. The SMILES string of the molecule is CNC(=O)Cc1ccc2c(c1)N(Cc1cnc[nH]1)CCO2. The number of fused-ring (bicyclic) bond motifs is 1. The summed E-state index contributed by atoms with van der Waals surface area (Å²) >= 11 is 0. The van der Waals surface area contributed by atoms with Gasteiger partial charge in [0, 0.05) is 13.2 Å². The maximum absolute atomic E-state index is 11.5. The Morgan fingerprint density at radius 2 is 2.43 bits per heavy atom. The Morgan fingerprint density at radius 1 is 1.52 bits per heavy atom. The molecule has 2 heterocycles. The van der Waals surface area contributed by atoms with Crippen molar-refractivity contribution in [2.45, 2.75) is 13.0 Å². The first-order valence-electron chi connectivity index (χ1n) is 6.95. The van der Waals surface area contributed by atoms with Crippen molar-refractivity contribution in [3.05, 3.63) is 42.0 Å². The second-order valence-corrected chi connectivity index (χ2v) is 5.00. The van der Waals surface area contributed by atoms with Crippen LogP contribution in [0, 0.1) is 0 Å². The van der Waals surface area contributed by atoms with Crippen molar-refractivity contribution in [2.24, 2.45) is 0 Å². The largest absolute Gasteiger partial charge is 0.490 e. The second-order valence-electron chi connectivity index (χ2n) is 5.00. The minimum absolute atomic E-state index is 0.00629. The van der Waals surface area contributed by atoms with Gasteiger partial charge < -0.3 is 19.9 Å². The molecule has 0 atom stereocenters. The number of benzene rings is 1. The zero-order valence-corrected chi connectivity index (χ0v) is 11.9. The van der Waals surface area contributed by atoms with Gasteiger partial charge in [0.15, 0.2) is 0 Å². The van der Waals surface area contributed by atoms with Gasteiger partial charge in [-0.05, 0) is 17.7 Å². The van der Waals surface area contributed by atoms with Gasteiger partial charge in [0.2, 0.25) is 5.91 Å². The Hall–Kier alpha value is -2.50. The number of hydrogen-bond acceptors (Lipinski definition) is 4. The number of ether oxygens (including phenoxy) is 1. The number of likely N-dealkylation sites (N-methyl/N-ethyl adjacent to an activating group) is 1. The molecule has 0 unspecified atom stereocenters. The summed E-state index contributed by atoms with van der Waals surface area (Å²) in [5.41, 5.74) is 3.06. The molecule has 0 saturated carbocycles. The number of carbonyl (C=O) groups excluding carboxylic acids is 1. The van der Waals surface area contributed by atoms with Crippen molar-refractivity contribution in [1.29, 1.82) is 0 Å². The predicted octanol–water partition coefficient (Wildman–Crippen LogP) is 1.10. The summed E-state index contributed by atoms with van der Waals surface area (Å²) in [6.45, 7) is 2.23. The average Bonchev–Trinajstić information content (AvgIpc) is 3.01. The smallest absolute Gasteiger partial charge is 0.224 e. The zero-order valence-electron chi connectivity index (χ0n) is 11.9. The highest BCUT2D eigenvalue weighted by atomic mass is 16.5. The van der Waals surface area contributed by atoms with Gasteiger partial charge in [0.25, 0.3) is 0 Å². The molecule has 1 amide bonds. The van der Waals surface area contributed by atoms with Gasteiger partial charge in [-0.2, -0.15) is 0 Å². The Balaban J connectivity index is 1.84. The normalized spacial score (nSPS) is 13.5. The third-order valence-electron chi connectivity index (χ3n) is 3.54. The summed E-state index contributed by atoms with van der Waals surface area (Å²) in [6.07, 6.45) is 3.88. The summed E-state index contributed by atoms with van der Waals surface area (Å²) < 4.78 is 5.69. The first kappa shape index (κ1) is 13.5. The van der Waals surface area contributed by atoms with E-state index in [9.17, 15) is 4.79 Å². The molecule has 0 aliphatic carbocycles. The summed E-state index contributed by atoms with van der Waals surface area (Å²) in [5, 5.41) is 2.64. The Kier molecular flexibility index (Phi) is 3.77. The van der Waals surface area contributed by atoms with E-state index in [2.05, 4.69) is 20.2 Å². The van der Waals surface area contributed by atoms with Crippen LogP contribution >= 0.6 is 0 Å². The fraction of sp³-hybridized carbons (Fsp3) is 0.333. The zero-order chi connectivity index (χ0) is 14.7. The standard InChI is InChI=1S/C15H18N4O2/c1-16-15(20)7-11-2-3-14-13(6-11)19(4-5-21-14)9-12-8-17-10-18-12/h2-3,6,8,10H,4-5,7,9H2,1H3,(H,16,20)(H,17,18). The molecule has 3 rings (SSSR count). The molecule has 110 valence electrons. The molecule has 2 aromatic rings. The van der Waals surface area contributed by atoms with Crippen molar-refractivity contribution in [1.82, 2.24) is 15.3 Å².